The van der Waals surface area contributed by atoms with E-state index in [4.69, 9.17) is 0 Å². The Morgan fingerprint density at radius 2 is 1.83 bits per heavy atom. The molecule has 0 unspecified atom stereocenters. The standard InChI is InChI=1S/C7H12O5/c1-4-6(8)10-12-11-7(9)5(2)3/h5H,4H2,1-3H3. The fraction of sp³-hybridized carbons (Fsp3) is 0.714. The van der Waals surface area contributed by atoms with Crippen molar-refractivity contribution in [3.63, 3.8) is 0 Å². The van der Waals surface area contributed by atoms with Crippen LogP contribution >= 0.6 is 0 Å². The van der Waals surface area contributed by atoms with Crippen LogP contribution < -0.4 is 0 Å². The molecule has 70 valence electrons. The average Bonchev–Trinajstić information content (AvgIpc) is 2.03. The zero-order chi connectivity index (χ0) is 9.56. The van der Waals surface area contributed by atoms with Gasteiger partial charge in [-0.2, -0.15) is 0 Å². The van der Waals surface area contributed by atoms with Crippen molar-refractivity contribution < 1.29 is 24.4 Å². The van der Waals surface area contributed by atoms with Gasteiger partial charge >= 0.3 is 11.9 Å². The summed E-state index contributed by atoms with van der Waals surface area (Å²) in [5, 5.41) is 3.91. The van der Waals surface area contributed by atoms with Crippen LogP contribution in [0.4, 0.5) is 0 Å². The van der Waals surface area contributed by atoms with Gasteiger partial charge in [0.25, 0.3) is 0 Å². The molecule has 0 atom stereocenters. The second-order valence-corrected chi connectivity index (χ2v) is 2.43. The predicted octanol–water partition coefficient (Wildman–Crippen LogP) is 0.985. The Balaban J connectivity index is 3.44. The third-order valence-corrected chi connectivity index (χ3v) is 1.00. The van der Waals surface area contributed by atoms with Crippen LogP contribution in [-0.4, -0.2) is 11.9 Å². The van der Waals surface area contributed by atoms with Crippen LogP contribution in [0.15, 0.2) is 0 Å². The highest BCUT2D eigenvalue weighted by molar-refractivity contribution is 5.71. The van der Waals surface area contributed by atoms with Crippen LogP contribution in [-0.2, 0) is 24.4 Å². The highest BCUT2D eigenvalue weighted by Crippen LogP contribution is 1.97. The molecule has 0 spiro atoms. The molecule has 0 aromatic heterocycles. The van der Waals surface area contributed by atoms with E-state index < -0.39 is 11.9 Å². The fourth-order valence-electron chi connectivity index (χ4n) is 0.244. The maximum Gasteiger partial charge on any atom is 0.349 e. The number of carbonyl (C=O) groups is 2. The Morgan fingerprint density at radius 1 is 1.25 bits per heavy atom. The first kappa shape index (κ1) is 10.9. The van der Waals surface area contributed by atoms with Gasteiger partial charge in [-0.3, -0.25) is 9.78 Å². The molecule has 0 radical (unpaired) electrons. The molecule has 0 amide bonds. The van der Waals surface area contributed by atoms with Gasteiger partial charge in [0.2, 0.25) is 0 Å². The maximum absolute atomic E-state index is 10.7. The van der Waals surface area contributed by atoms with Crippen molar-refractivity contribution in [2.75, 3.05) is 0 Å². The zero-order valence-corrected chi connectivity index (χ0v) is 7.33. The second-order valence-electron chi connectivity index (χ2n) is 2.43. The molecule has 0 fully saturated rings. The molecule has 0 saturated carbocycles. The van der Waals surface area contributed by atoms with E-state index in [0.717, 1.165) is 0 Å². The van der Waals surface area contributed by atoms with E-state index in [9.17, 15) is 9.59 Å². The Morgan fingerprint density at radius 3 is 2.25 bits per heavy atom. The summed E-state index contributed by atoms with van der Waals surface area (Å²) in [5.41, 5.74) is 0. The lowest BCUT2D eigenvalue weighted by Gasteiger charge is -2.02. The number of rotatable bonds is 4. The van der Waals surface area contributed by atoms with E-state index in [0.29, 0.717) is 0 Å². The molecule has 0 aliphatic heterocycles. The first-order valence-electron chi connectivity index (χ1n) is 3.65. The van der Waals surface area contributed by atoms with Gasteiger partial charge in [-0.05, 0) is 0 Å². The lowest BCUT2D eigenvalue weighted by atomic mass is 10.2. The summed E-state index contributed by atoms with van der Waals surface area (Å²) in [6, 6.07) is 0. The van der Waals surface area contributed by atoms with Crippen molar-refractivity contribution in [1.29, 1.82) is 0 Å². The molecule has 5 heteroatoms. The van der Waals surface area contributed by atoms with Crippen molar-refractivity contribution in [2.45, 2.75) is 27.2 Å². The highest BCUT2D eigenvalue weighted by Gasteiger charge is 2.10. The van der Waals surface area contributed by atoms with Crippen molar-refractivity contribution in [2.24, 2.45) is 5.92 Å². The second kappa shape index (κ2) is 5.54. The van der Waals surface area contributed by atoms with E-state index in [1.54, 1.807) is 20.8 Å². The summed E-state index contributed by atoms with van der Waals surface area (Å²) in [5.74, 6) is -1.49. The Labute approximate surface area is 70.5 Å². The summed E-state index contributed by atoms with van der Waals surface area (Å²) in [4.78, 5) is 29.2. The minimum absolute atomic E-state index is 0.166. The van der Waals surface area contributed by atoms with Gasteiger partial charge < -0.3 is 0 Å². The van der Waals surface area contributed by atoms with Gasteiger partial charge in [0.05, 0.1) is 5.92 Å². The molecular formula is C7H12O5. The first-order chi connectivity index (χ1) is 5.57. The minimum Gasteiger partial charge on any atom is -0.260 e. The molecule has 0 N–H and O–H groups in total. The van der Waals surface area contributed by atoms with Crippen molar-refractivity contribution in [1.82, 2.24) is 0 Å². The third-order valence-electron chi connectivity index (χ3n) is 1.00. The van der Waals surface area contributed by atoms with Gasteiger partial charge in [0.15, 0.2) is 0 Å². The summed E-state index contributed by atoms with van der Waals surface area (Å²) in [6.45, 7) is 4.86. The first-order valence-corrected chi connectivity index (χ1v) is 3.65. The smallest absolute Gasteiger partial charge is 0.260 e. The molecule has 0 rings (SSSR count). The lowest BCUT2D eigenvalue weighted by Crippen LogP contribution is -2.14. The van der Waals surface area contributed by atoms with Crippen LogP contribution in [0, 0.1) is 5.92 Å². The van der Waals surface area contributed by atoms with Crippen LogP contribution in [0.5, 0.6) is 0 Å². The minimum atomic E-state index is -0.591. The largest absolute Gasteiger partial charge is 0.349 e. The summed E-state index contributed by atoms with van der Waals surface area (Å²) < 4.78 is 0. The molecule has 0 aliphatic rings. The zero-order valence-electron chi connectivity index (χ0n) is 7.33. The molecule has 5 nitrogen and oxygen atoms in total. The number of carbonyl (C=O) groups excluding carboxylic acids is 2. The Kier molecular flexibility index (Phi) is 5.03. The lowest BCUT2D eigenvalue weighted by molar-refractivity contribution is -0.460. The topological polar surface area (TPSA) is 61.8 Å². The third kappa shape index (κ3) is 4.68. The van der Waals surface area contributed by atoms with Crippen LogP contribution in [0.25, 0.3) is 0 Å². The molecule has 0 heterocycles. The molecule has 0 saturated heterocycles. The molecular weight excluding hydrogens is 164 g/mol. The predicted molar refractivity (Wildman–Crippen MR) is 38.4 cm³/mol. The molecule has 0 bridgehead atoms. The van der Waals surface area contributed by atoms with Crippen molar-refractivity contribution in [3.8, 4) is 0 Å². The van der Waals surface area contributed by atoms with Crippen molar-refractivity contribution >= 4 is 11.9 Å². The van der Waals surface area contributed by atoms with Crippen LogP contribution in [0.3, 0.4) is 0 Å². The van der Waals surface area contributed by atoms with Gasteiger partial charge in [-0.15, -0.1) is 0 Å². The SMILES string of the molecule is CCC(=O)OOOC(=O)C(C)C. The van der Waals surface area contributed by atoms with Gasteiger partial charge in [-0.1, -0.05) is 20.8 Å². The van der Waals surface area contributed by atoms with Crippen molar-refractivity contribution in [3.05, 3.63) is 0 Å². The van der Waals surface area contributed by atoms with Gasteiger partial charge in [-0.25, -0.2) is 9.59 Å². The number of hydrogen-bond donors (Lipinski definition) is 0. The molecule has 0 aromatic carbocycles. The molecule has 12 heavy (non-hydrogen) atoms. The average molecular weight is 176 g/mol. The monoisotopic (exact) mass is 176 g/mol. The normalized spacial score (nSPS) is 9.67. The Bertz CT molecular complexity index is 163. The van der Waals surface area contributed by atoms with Crippen LogP contribution in [0.1, 0.15) is 27.2 Å². The summed E-state index contributed by atoms with van der Waals surface area (Å²) >= 11 is 0. The summed E-state index contributed by atoms with van der Waals surface area (Å²) in [6.07, 6.45) is 0.166. The van der Waals surface area contributed by atoms with Gasteiger partial charge in [0, 0.05) is 11.5 Å². The highest BCUT2D eigenvalue weighted by atomic mass is 17.5. The molecule has 0 aromatic rings. The van der Waals surface area contributed by atoms with Crippen LogP contribution in [0.2, 0.25) is 0 Å². The van der Waals surface area contributed by atoms with E-state index >= 15 is 0 Å². The van der Waals surface area contributed by atoms with E-state index in [2.05, 4.69) is 14.8 Å². The van der Waals surface area contributed by atoms with Gasteiger partial charge in [0.1, 0.15) is 0 Å². The maximum atomic E-state index is 10.7. The molecule has 0 aliphatic carbocycles. The van der Waals surface area contributed by atoms with E-state index in [1.165, 1.54) is 0 Å². The Hall–Kier alpha value is -1.10. The van der Waals surface area contributed by atoms with E-state index in [-0.39, 0.29) is 12.3 Å². The summed E-state index contributed by atoms with van der Waals surface area (Å²) in [7, 11) is 0. The fourth-order valence-corrected chi connectivity index (χ4v) is 0.244. The number of hydrogen-bond acceptors (Lipinski definition) is 5. The quantitative estimate of drug-likeness (QED) is 0.472. The van der Waals surface area contributed by atoms with E-state index in [1.807, 2.05) is 0 Å².